The van der Waals surface area contributed by atoms with E-state index in [0.29, 0.717) is 31.9 Å². The Balaban J connectivity index is 1.40. The van der Waals surface area contributed by atoms with E-state index in [2.05, 4.69) is 25.2 Å². The van der Waals surface area contributed by atoms with E-state index in [9.17, 15) is 22.8 Å². The molecule has 0 aliphatic carbocycles. The minimum atomic E-state index is -4.90. The van der Waals surface area contributed by atoms with E-state index in [4.69, 9.17) is 10.5 Å². The Bertz CT molecular complexity index is 1680. The third-order valence-corrected chi connectivity index (χ3v) is 9.51. The Kier molecular flexibility index (Phi) is 6.82. The number of nitrogens with one attached hydrogen (secondary N) is 1. The van der Waals surface area contributed by atoms with Crippen LogP contribution in [-0.2, 0) is 6.18 Å². The van der Waals surface area contributed by atoms with Gasteiger partial charge in [-0.05, 0) is 56.8 Å². The molecule has 0 saturated carbocycles. The highest BCUT2D eigenvalue weighted by Crippen LogP contribution is 2.44. The number of hydrogen-bond acceptors (Lipinski definition) is 9. The molecular formula is C30H31F5N8O. The number of alkyl halides is 4. The van der Waals surface area contributed by atoms with Crippen molar-refractivity contribution in [3.63, 3.8) is 0 Å². The van der Waals surface area contributed by atoms with Gasteiger partial charge in [-0.3, -0.25) is 4.90 Å². The van der Waals surface area contributed by atoms with E-state index in [-0.39, 0.29) is 52.5 Å². The number of halogens is 5. The molecular weight excluding hydrogens is 583 g/mol. The Labute approximate surface area is 250 Å². The lowest BCUT2D eigenvalue weighted by atomic mass is 9.95. The normalized spacial score (nSPS) is 26.8. The summed E-state index contributed by atoms with van der Waals surface area (Å²) in [7, 11) is 0. The molecule has 3 aromatic rings. The van der Waals surface area contributed by atoms with Gasteiger partial charge in [-0.2, -0.15) is 28.4 Å². The molecule has 4 aliphatic heterocycles. The standard InChI is InChI=1S/C30H31F5N8O/c1-15-7-21(37)39-26(23(15)30(33,34)35)22-16(10-36)8-20-25(24(22)32)40-28(41-27(20)42-12-18-3-4-19(13-42)38-18)44-14-29-5-2-6-43(29)11-17(31)9-29/h7-8,17-19,38H,2-6,9,11-14H2,1H3,(H2,37,39)/t17-,18-,19+,29+/m1/s1. The number of aromatic nitrogens is 3. The first-order valence-corrected chi connectivity index (χ1v) is 14.8. The number of hydrogen-bond donors (Lipinski definition) is 2. The van der Waals surface area contributed by atoms with E-state index < -0.39 is 40.5 Å². The van der Waals surface area contributed by atoms with Gasteiger partial charge in [0.1, 0.15) is 29.9 Å². The number of rotatable bonds is 5. The highest BCUT2D eigenvalue weighted by molar-refractivity contribution is 5.96. The average molecular weight is 615 g/mol. The molecule has 0 unspecified atom stereocenters. The Hall–Kier alpha value is -3.83. The fourth-order valence-corrected chi connectivity index (χ4v) is 7.67. The van der Waals surface area contributed by atoms with Gasteiger partial charge in [0.25, 0.3) is 0 Å². The fraction of sp³-hybridized carbons (Fsp3) is 0.533. The minimum Gasteiger partial charge on any atom is -0.461 e. The quantitative estimate of drug-likeness (QED) is 0.401. The van der Waals surface area contributed by atoms with Crippen molar-refractivity contribution in [2.75, 3.05) is 43.4 Å². The SMILES string of the molecule is Cc1cc(N)nc(-c2c(C#N)cc3c(N4C[C@H]5CC[C@@H](C4)N5)nc(OC[C@@]45CCCN4C[C@H](F)C5)nc3c2F)c1C(F)(F)F. The monoisotopic (exact) mass is 614 g/mol. The summed E-state index contributed by atoms with van der Waals surface area (Å²) in [6.45, 7) is 3.48. The third-order valence-electron chi connectivity index (χ3n) is 9.51. The van der Waals surface area contributed by atoms with Gasteiger partial charge < -0.3 is 20.7 Å². The average Bonchev–Trinajstić information content (AvgIpc) is 3.60. The van der Waals surface area contributed by atoms with Crippen molar-refractivity contribution in [1.82, 2.24) is 25.2 Å². The molecule has 4 saturated heterocycles. The lowest BCUT2D eigenvalue weighted by Crippen LogP contribution is -2.51. The summed E-state index contributed by atoms with van der Waals surface area (Å²) in [6.07, 6.45) is -2.03. The number of piperazine rings is 1. The van der Waals surface area contributed by atoms with Crippen molar-refractivity contribution in [3.05, 3.63) is 34.6 Å². The van der Waals surface area contributed by atoms with Crippen LogP contribution in [0.3, 0.4) is 0 Å². The largest absolute Gasteiger partial charge is 0.461 e. The summed E-state index contributed by atoms with van der Waals surface area (Å²) in [4.78, 5) is 17.0. The lowest BCUT2D eigenvalue weighted by Gasteiger charge is -2.34. The Morgan fingerprint density at radius 2 is 1.91 bits per heavy atom. The minimum absolute atomic E-state index is 0.0874. The number of anilines is 2. The number of nitrogens with two attached hydrogens (primary N) is 1. The van der Waals surface area contributed by atoms with Gasteiger partial charge >= 0.3 is 12.2 Å². The van der Waals surface area contributed by atoms with E-state index in [1.807, 2.05) is 11.0 Å². The van der Waals surface area contributed by atoms with Gasteiger partial charge in [0.05, 0.1) is 34.0 Å². The first-order valence-electron chi connectivity index (χ1n) is 14.8. The molecule has 4 aliphatic rings. The maximum absolute atomic E-state index is 16.7. The van der Waals surface area contributed by atoms with E-state index >= 15 is 4.39 Å². The van der Waals surface area contributed by atoms with E-state index in [0.717, 1.165) is 38.3 Å². The van der Waals surface area contributed by atoms with Crippen LogP contribution in [0.2, 0.25) is 0 Å². The predicted molar refractivity (Wildman–Crippen MR) is 152 cm³/mol. The molecule has 4 atom stereocenters. The van der Waals surface area contributed by atoms with Crippen LogP contribution in [0.4, 0.5) is 33.6 Å². The van der Waals surface area contributed by atoms with Crippen LogP contribution >= 0.6 is 0 Å². The molecule has 1 aromatic carbocycles. The molecule has 44 heavy (non-hydrogen) atoms. The van der Waals surface area contributed by atoms with Crippen LogP contribution < -0.4 is 20.7 Å². The number of pyridine rings is 1. The molecule has 6 heterocycles. The second-order valence-electron chi connectivity index (χ2n) is 12.4. The van der Waals surface area contributed by atoms with Crippen molar-refractivity contribution < 1.29 is 26.7 Å². The van der Waals surface area contributed by atoms with Gasteiger partial charge in [0, 0.05) is 43.5 Å². The molecule has 232 valence electrons. The number of fused-ring (bicyclic) bond motifs is 4. The van der Waals surface area contributed by atoms with Crippen molar-refractivity contribution in [1.29, 1.82) is 5.26 Å². The Morgan fingerprint density at radius 1 is 1.16 bits per heavy atom. The van der Waals surface area contributed by atoms with E-state index in [1.165, 1.54) is 13.0 Å². The first-order chi connectivity index (χ1) is 21.0. The van der Waals surface area contributed by atoms with Crippen LogP contribution in [0.5, 0.6) is 6.01 Å². The molecule has 9 nitrogen and oxygen atoms in total. The summed E-state index contributed by atoms with van der Waals surface area (Å²) in [5, 5.41) is 13.8. The molecule has 7 rings (SSSR count). The first kappa shape index (κ1) is 28.9. The van der Waals surface area contributed by atoms with Crippen LogP contribution in [-0.4, -0.2) is 76.4 Å². The third kappa shape index (κ3) is 4.77. The highest BCUT2D eigenvalue weighted by Gasteiger charge is 2.49. The van der Waals surface area contributed by atoms with Crippen LogP contribution in [0.1, 0.15) is 48.8 Å². The molecule has 2 aromatic heterocycles. The summed E-state index contributed by atoms with van der Waals surface area (Å²) >= 11 is 0. The number of ether oxygens (including phenoxy) is 1. The van der Waals surface area contributed by atoms with Gasteiger partial charge in [0.2, 0.25) is 0 Å². The smallest absolute Gasteiger partial charge is 0.418 e. The number of aryl methyl sites for hydroxylation is 1. The number of nitrogen functional groups attached to an aromatic ring is 1. The maximum atomic E-state index is 16.7. The van der Waals surface area contributed by atoms with Crippen LogP contribution in [0.15, 0.2) is 12.1 Å². The molecule has 14 heteroatoms. The molecule has 3 N–H and O–H groups in total. The second-order valence-corrected chi connectivity index (χ2v) is 12.4. The highest BCUT2D eigenvalue weighted by atomic mass is 19.4. The van der Waals surface area contributed by atoms with Gasteiger partial charge in [-0.15, -0.1) is 0 Å². The molecule has 0 spiro atoms. The zero-order chi connectivity index (χ0) is 31.0. The predicted octanol–water partition coefficient (Wildman–Crippen LogP) is 4.51. The topological polar surface area (TPSA) is 116 Å². The Morgan fingerprint density at radius 3 is 2.61 bits per heavy atom. The summed E-state index contributed by atoms with van der Waals surface area (Å²) in [5.74, 6) is -1.08. The second kappa shape index (κ2) is 10.4. The lowest BCUT2D eigenvalue weighted by molar-refractivity contribution is -0.137. The fourth-order valence-electron chi connectivity index (χ4n) is 7.67. The number of nitriles is 1. The molecule has 0 radical (unpaired) electrons. The number of nitrogens with zero attached hydrogens (tertiary/aromatic N) is 6. The van der Waals surface area contributed by atoms with Gasteiger partial charge in [-0.1, -0.05) is 0 Å². The molecule has 4 fully saturated rings. The van der Waals surface area contributed by atoms with Crippen LogP contribution in [0, 0.1) is 24.1 Å². The zero-order valence-corrected chi connectivity index (χ0v) is 24.0. The van der Waals surface area contributed by atoms with E-state index in [1.54, 1.807) is 0 Å². The zero-order valence-electron chi connectivity index (χ0n) is 24.0. The van der Waals surface area contributed by atoms with Crippen molar-refractivity contribution >= 4 is 22.5 Å². The van der Waals surface area contributed by atoms with Crippen LogP contribution in [0.25, 0.3) is 22.2 Å². The number of benzene rings is 1. The van der Waals surface area contributed by atoms with Crippen molar-refractivity contribution in [3.8, 4) is 23.3 Å². The summed E-state index contributed by atoms with van der Waals surface area (Å²) in [5.41, 5.74) is 1.78. The molecule has 0 amide bonds. The maximum Gasteiger partial charge on any atom is 0.418 e. The molecule has 2 bridgehead atoms. The van der Waals surface area contributed by atoms with Crippen molar-refractivity contribution in [2.45, 2.75) is 69.0 Å². The van der Waals surface area contributed by atoms with Gasteiger partial charge in [-0.25, -0.2) is 13.8 Å². The van der Waals surface area contributed by atoms with Gasteiger partial charge in [0.15, 0.2) is 5.82 Å². The summed E-state index contributed by atoms with van der Waals surface area (Å²) < 4.78 is 80.0. The van der Waals surface area contributed by atoms with Crippen molar-refractivity contribution in [2.24, 2.45) is 0 Å². The summed E-state index contributed by atoms with van der Waals surface area (Å²) in [6, 6.07) is 4.44.